The fraction of sp³-hybridized carbons (Fsp3) is 0.400. The van der Waals surface area contributed by atoms with Crippen molar-refractivity contribution in [3.63, 3.8) is 0 Å². The van der Waals surface area contributed by atoms with Gasteiger partial charge in [-0.25, -0.2) is 0 Å². The highest BCUT2D eigenvalue weighted by molar-refractivity contribution is 5.32. The summed E-state index contributed by atoms with van der Waals surface area (Å²) >= 11 is 0. The first-order valence-electron chi connectivity index (χ1n) is 8.50. The summed E-state index contributed by atoms with van der Waals surface area (Å²) in [6, 6.07) is 21.5. The highest BCUT2D eigenvalue weighted by Crippen LogP contribution is 2.23. The van der Waals surface area contributed by atoms with Crippen LogP contribution < -0.4 is 10.6 Å². The zero-order valence-corrected chi connectivity index (χ0v) is 13.9. The van der Waals surface area contributed by atoms with E-state index in [2.05, 4.69) is 78.2 Å². The Labute approximate surface area is 139 Å². The van der Waals surface area contributed by atoms with Gasteiger partial charge in [0, 0.05) is 31.6 Å². The maximum Gasteiger partial charge on any atom is 0.0584 e. The van der Waals surface area contributed by atoms with Gasteiger partial charge >= 0.3 is 0 Å². The van der Waals surface area contributed by atoms with Gasteiger partial charge in [-0.05, 0) is 17.5 Å². The van der Waals surface area contributed by atoms with Gasteiger partial charge in [0.25, 0.3) is 0 Å². The van der Waals surface area contributed by atoms with Crippen LogP contribution in [0.1, 0.15) is 30.4 Å². The van der Waals surface area contributed by atoms with E-state index in [0.29, 0.717) is 5.92 Å². The highest BCUT2D eigenvalue weighted by Gasteiger charge is 2.13. The first kappa shape index (κ1) is 17.7. The van der Waals surface area contributed by atoms with E-state index in [1.54, 1.807) is 0 Å². The molecule has 3 heteroatoms. The summed E-state index contributed by atoms with van der Waals surface area (Å²) in [5.74, 6) is 0.359. The fourth-order valence-electron chi connectivity index (χ4n) is 2.75. The van der Waals surface area contributed by atoms with Crippen LogP contribution in [0.3, 0.4) is 0 Å². The first-order chi connectivity index (χ1) is 11.3. The second-order valence-corrected chi connectivity index (χ2v) is 5.82. The van der Waals surface area contributed by atoms with Crippen molar-refractivity contribution in [2.24, 2.45) is 0 Å². The van der Waals surface area contributed by atoms with Crippen LogP contribution in [-0.2, 0) is 0 Å². The Bertz CT molecular complexity index is 486. The average molecular weight is 312 g/mol. The molecule has 0 aliphatic carbocycles. The third-order valence-electron chi connectivity index (χ3n) is 4.20. The lowest BCUT2D eigenvalue weighted by molar-refractivity contribution is 0.239. The number of aliphatic hydroxyl groups excluding tert-OH is 1. The molecule has 0 heterocycles. The van der Waals surface area contributed by atoms with Crippen molar-refractivity contribution in [3.05, 3.63) is 71.8 Å². The van der Waals surface area contributed by atoms with Crippen molar-refractivity contribution in [2.45, 2.75) is 25.3 Å². The van der Waals surface area contributed by atoms with Gasteiger partial charge < -0.3 is 15.7 Å². The zero-order chi connectivity index (χ0) is 16.3. The van der Waals surface area contributed by atoms with E-state index in [1.165, 1.54) is 11.1 Å². The lowest BCUT2D eigenvalue weighted by Crippen LogP contribution is -2.37. The van der Waals surface area contributed by atoms with Crippen LogP contribution in [0.5, 0.6) is 0 Å². The predicted molar refractivity (Wildman–Crippen MR) is 96.8 cm³/mol. The monoisotopic (exact) mass is 312 g/mol. The second-order valence-electron chi connectivity index (χ2n) is 5.82. The van der Waals surface area contributed by atoms with Gasteiger partial charge in [0.05, 0.1) is 6.61 Å². The van der Waals surface area contributed by atoms with Crippen LogP contribution in [0.2, 0.25) is 0 Å². The number of hydrogen-bond acceptors (Lipinski definition) is 3. The Morgan fingerprint density at radius 3 is 1.91 bits per heavy atom. The molecule has 0 aliphatic rings. The van der Waals surface area contributed by atoms with Crippen LogP contribution in [0.25, 0.3) is 0 Å². The molecule has 3 nitrogen and oxygen atoms in total. The molecule has 0 amide bonds. The van der Waals surface area contributed by atoms with Crippen molar-refractivity contribution in [1.29, 1.82) is 0 Å². The molecule has 1 unspecified atom stereocenters. The maximum atomic E-state index is 9.19. The lowest BCUT2D eigenvalue weighted by Gasteiger charge is -2.20. The van der Waals surface area contributed by atoms with E-state index < -0.39 is 0 Å². The zero-order valence-electron chi connectivity index (χ0n) is 13.9. The smallest absolute Gasteiger partial charge is 0.0584 e. The minimum Gasteiger partial charge on any atom is -0.395 e. The molecule has 1 atom stereocenters. The number of nitrogens with one attached hydrogen (secondary N) is 2. The lowest BCUT2D eigenvalue weighted by atomic mass is 9.91. The minimum atomic E-state index is 0.202. The molecule has 3 N–H and O–H groups in total. The average Bonchev–Trinajstić information content (AvgIpc) is 2.63. The molecule has 124 valence electrons. The van der Waals surface area contributed by atoms with Crippen LogP contribution in [0.4, 0.5) is 0 Å². The molecule has 2 rings (SSSR count). The summed E-state index contributed by atoms with van der Waals surface area (Å²) in [5, 5.41) is 16.1. The number of aliphatic hydroxyl groups is 1. The van der Waals surface area contributed by atoms with E-state index in [9.17, 15) is 5.11 Å². The summed E-state index contributed by atoms with van der Waals surface area (Å²) in [6.45, 7) is 4.96. The summed E-state index contributed by atoms with van der Waals surface area (Å²) in [7, 11) is 0. The van der Waals surface area contributed by atoms with Crippen LogP contribution in [-0.4, -0.2) is 37.4 Å². The van der Waals surface area contributed by atoms with Gasteiger partial charge in [-0.15, -0.1) is 0 Å². The molecular weight excluding hydrogens is 284 g/mol. The maximum absolute atomic E-state index is 9.19. The van der Waals surface area contributed by atoms with Gasteiger partial charge in [0.2, 0.25) is 0 Å². The Balaban J connectivity index is 1.89. The standard InChI is InChI=1S/C20H28N2O/c1-2-19(16-23)22-14-13-21-15-20(17-9-5-3-6-10-17)18-11-7-4-8-12-18/h3-12,19-23H,2,13-16H2,1H3. The van der Waals surface area contributed by atoms with Crippen molar-refractivity contribution < 1.29 is 5.11 Å². The Kier molecular flexibility index (Phi) is 7.81. The molecule has 2 aromatic carbocycles. The summed E-state index contributed by atoms with van der Waals surface area (Å²) < 4.78 is 0. The largest absolute Gasteiger partial charge is 0.395 e. The number of benzene rings is 2. The van der Waals surface area contributed by atoms with Crippen LogP contribution in [0.15, 0.2) is 60.7 Å². The van der Waals surface area contributed by atoms with E-state index in [4.69, 9.17) is 0 Å². The van der Waals surface area contributed by atoms with E-state index in [-0.39, 0.29) is 12.6 Å². The van der Waals surface area contributed by atoms with Crippen molar-refractivity contribution in [1.82, 2.24) is 10.6 Å². The molecule has 0 saturated heterocycles. The van der Waals surface area contributed by atoms with Gasteiger partial charge in [0.1, 0.15) is 0 Å². The predicted octanol–water partition coefficient (Wildman–Crippen LogP) is 2.77. The summed E-state index contributed by atoms with van der Waals surface area (Å²) in [6.07, 6.45) is 0.952. The molecule has 0 radical (unpaired) electrons. The molecule has 0 saturated carbocycles. The molecule has 23 heavy (non-hydrogen) atoms. The minimum absolute atomic E-state index is 0.202. The molecule has 0 aliphatic heterocycles. The van der Waals surface area contributed by atoms with Crippen molar-refractivity contribution >= 4 is 0 Å². The molecule has 0 spiro atoms. The fourth-order valence-corrected chi connectivity index (χ4v) is 2.75. The van der Waals surface area contributed by atoms with Gasteiger partial charge in [-0.1, -0.05) is 67.6 Å². The van der Waals surface area contributed by atoms with Crippen LogP contribution >= 0.6 is 0 Å². The van der Waals surface area contributed by atoms with E-state index in [1.807, 2.05) is 0 Å². The normalized spacial score (nSPS) is 12.5. The third kappa shape index (κ3) is 5.79. The van der Waals surface area contributed by atoms with E-state index in [0.717, 1.165) is 26.1 Å². The van der Waals surface area contributed by atoms with Gasteiger partial charge in [-0.2, -0.15) is 0 Å². The third-order valence-corrected chi connectivity index (χ3v) is 4.20. The molecule has 0 aromatic heterocycles. The van der Waals surface area contributed by atoms with Gasteiger partial charge in [0.15, 0.2) is 0 Å². The number of hydrogen-bond donors (Lipinski definition) is 3. The Morgan fingerprint density at radius 2 is 1.43 bits per heavy atom. The molecular formula is C20H28N2O. The van der Waals surface area contributed by atoms with Crippen molar-refractivity contribution in [2.75, 3.05) is 26.2 Å². The molecule has 2 aromatic rings. The van der Waals surface area contributed by atoms with E-state index >= 15 is 0 Å². The second kappa shape index (κ2) is 10.2. The topological polar surface area (TPSA) is 44.3 Å². The summed E-state index contributed by atoms with van der Waals surface area (Å²) in [4.78, 5) is 0. The summed E-state index contributed by atoms with van der Waals surface area (Å²) in [5.41, 5.74) is 2.67. The SMILES string of the molecule is CCC(CO)NCCNCC(c1ccccc1)c1ccccc1. The highest BCUT2D eigenvalue weighted by atomic mass is 16.3. The molecule has 0 bridgehead atoms. The Morgan fingerprint density at radius 1 is 0.870 bits per heavy atom. The Hall–Kier alpha value is -1.68. The molecule has 0 fully saturated rings. The van der Waals surface area contributed by atoms with Crippen molar-refractivity contribution in [3.8, 4) is 0 Å². The van der Waals surface area contributed by atoms with Crippen LogP contribution in [0, 0.1) is 0 Å². The number of rotatable bonds is 10. The van der Waals surface area contributed by atoms with Gasteiger partial charge in [-0.3, -0.25) is 0 Å². The quantitative estimate of drug-likeness (QED) is 0.591. The first-order valence-corrected chi connectivity index (χ1v) is 8.50.